The molecule has 0 saturated heterocycles. The first-order valence-corrected chi connectivity index (χ1v) is 7.68. The fourth-order valence-electron chi connectivity index (χ4n) is 3.72. The maximum Gasteiger partial charge on any atom is 0.320 e. The lowest BCUT2D eigenvalue weighted by Gasteiger charge is -2.36. The Morgan fingerprint density at radius 1 is 0.773 bits per heavy atom. The minimum absolute atomic E-state index is 0.301. The van der Waals surface area contributed by atoms with Gasteiger partial charge in [-0.15, -0.1) is 0 Å². The molecule has 0 radical (unpaired) electrons. The third-order valence-corrected chi connectivity index (χ3v) is 4.68. The third-order valence-electron chi connectivity index (χ3n) is 4.68. The number of anilines is 1. The van der Waals surface area contributed by atoms with Crippen LogP contribution in [0.25, 0.3) is 21.9 Å². The van der Waals surface area contributed by atoms with Gasteiger partial charge in [-0.05, 0) is 40.1 Å². The van der Waals surface area contributed by atoms with E-state index in [9.17, 15) is 0 Å². The maximum atomic E-state index is 2.38. The van der Waals surface area contributed by atoms with E-state index in [0.717, 1.165) is 0 Å². The van der Waals surface area contributed by atoms with Crippen molar-refractivity contribution in [1.82, 2.24) is 0 Å². The number of benzene rings is 3. The molecule has 102 valence electrons. The largest absolute Gasteiger partial charge is 0.383 e. The summed E-state index contributed by atoms with van der Waals surface area (Å²) in [5.41, 5.74) is 5.38. The van der Waals surface area contributed by atoms with Gasteiger partial charge in [0.15, 0.2) is 0 Å². The average Bonchev–Trinajstić information content (AvgIpc) is 2.61. The second kappa shape index (κ2) is 4.38. The standard InChI is InChI=1S/C20H14BN/c1-2-8-16-15(7-1)11-12-19-20(16)17-9-3-4-10-18(17)21-13-5-6-14-22(19)21/h1-14H. The number of nitrogens with zero attached hydrogens (tertiary/aromatic N) is 1. The van der Waals surface area contributed by atoms with Crippen LogP contribution in [0.5, 0.6) is 0 Å². The first-order valence-electron chi connectivity index (χ1n) is 7.68. The van der Waals surface area contributed by atoms with E-state index in [1.54, 1.807) is 0 Å². The Morgan fingerprint density at radius 2 is 1.64 bits per heavy atom. The molecule has 0 bridgehead atoms. The van der Waals surface area contributed by atoms with E-state index in [1.165, 1.54) is 33.0 Å². The average molecular weight is 279 g/mol. The minimum atomic E-state index is 0.301. The van der Waals surface area contributed by atoms with E-state index in [1.807, 2.05) is 0 Å². The Hall–Kier alpha value is -2.74. The van der Waals surface area contributed by atoms with E-state index in [0.29, 0.717) is 6.85 Å². The summed E-state index contributed by atoms with van der Waals surface area (Å²) in [5, 5.41) is 2.62. The predicted octanol–water partition coefficient (Wildman–Crippen LogP) is 4.15. The highest BCUT2D eigenvalue weighted by Gasteiger charge is 2.33. The van der Waals surface area contributed by atoms with Gasteiger partial charge in [-0.2, -0.15) is 0 Å². The summed E-state index contributed by atoms with van der Waals surface area (Å²) in [6, 6.07) is 21.9. The first-order chi connectivity index (χ1) is 10.9. The number of allylic oxidation sites excluding steroid dienone is 2. The SMILES string of the molecule is C1=CB2c3ccccc3-c3c(ccc4ccccc34)N2C=C1. The van der Waals surface area contributed by atoms with Crippen LogP contribution in [-0.2, 0) is 0 Å². The molecule has 0 atom stereocenters. The van der Waals surface area contributed by atoms with Crippen LogP contribution in [0, 0.1) is 0 Å². The van der Waals surface area contributed by atoms with Crippen LogP contribution < -0.4 is 10.3 Å². The van der Waals surface area contributed by atoms with Gasteiger partial charge in [0, 0.05) is 11.3 Å². The van der Waals surface area contributed by atoms with Crippen LogP contribution in [0.1, 0.15) is 0 Å². The third kappa shape index (κ3) is 1.50. The summed E-state index contributed by atoms with van der Waals surface area (Å²) >= 11 is 0. The molecule has 0 aromatic heterocycles. The highest BCUT2D eigenvalue weighted by Crippen LogP contribution is 2.41. The van der Waals surface area contributed by atoms with Gasteiger partial charge in [-0.1, -0.05) is 66.6 Å². The Labute approximate surface area is 130 Å². The second-order valence-corrected chi connectivity index (χ2v) is 5.85. The molecule has 2 heterocycles. The number of hydrogen-bond acceptors (Lipinski definition) is 1. The lowest BCUT2D eigenvalue weighted by Crippen LogP contribution is -2.49. The molecule has 0 unspecified atom stereocenters. The molecular weight excluding hydrogens is 265 g/mol. The van der Waals surface area contributed by atoms with Crippen molar-refractivity contribution in [2.75, 3.05) is 4.81 Å². The van der Waals surface area contributed by atoms with E-state index in [2.05, 4.69) is 89.8 Å². The molecule has 2 aliphatic heterocycles. The summed E-state index contributed by atoms with van der Waals surface area (Å²) < 4.78 is 0. The molecule has 22 heavy (non-hydrogen) atoms. The molecule has 1 nitrogen and oxygen atoms in total. The summed E-state index contributed by atoms with van der Waals surface area (Å²) in [6.07, 6.45) is 6.45. The second-order valence-electron chi connectivity index (χ2n) is 5.85. The number of hydrogen-bond donors (Lipinski definition) is 0. The van der Waals surface area contributed by atoms with E-state index >= 15 is 0 Å². The molecule has 3 aromatic rings. The molecule has 0 aliphatic carbocycles. The summed E-state index contributed by atoms with van der Waals surface area (Å²) in [6.45, 7) is 0.301. The lowest BCUT2D eigenvalue weighted by molar-refractivity contribution is 1.37. The Morgan fingerprint density at radius 3 is 2.64 bits per heavy atom. The Balaban J connectivity index is 1.94. The van der Waals surface area contributed by atoms with Crippen molar-refractivity contribution in [2.45, 2.75) is 0 Å². The number of rotatable bonds is 0. The molecule has 0 N–H and O–H groups in total. The zero-order chi connectivity index (χ0) is 14.5. The van der Waals surface area contributed by atoms with Crippen molar-refractivity contribution < 1.29 is 0 Å². The Kier molecular flexibility index (Phi) is 2.36. The topological polar surface area (TPSA) is 3.24 Å². The zero-order valence-electron chi connectivity index (χ0n) is 12.1. The molecule has 0 saturated carbocycles. The van der Waals surface area contributed by atoms with Crippen molar-refractivity contribution in [3.05, 3.63) is 85.0 Å². The van der Waals surface area contributed by atoms with E-state index in [-0.39, 0.29) is 0 Å². The molecule has 2 aliphatic rings. The van der Waals surface area contributed by atoms with Gasteiger partial charge >= 0.3 is 6.85 Å². The van der Waals surface area contributed by atoms with Gasteiger partial charge < -0.3 is 4.81 Å². The quantitative estimate of drug-likeness (QED) is 0.559. The van der Waals surface area contributed by atoms with Crippen LogP contribution in [-0.4, -0.2) is 6.85 Å². The molecule has 0 fully saturated rings. The normalized spacial score (nSPS) is 14.7. The van der Waals surface area contributed by atoms with Gasteiger partial charge in [0.1, 0.15) is 0 Å². The Bertz CT molecular complexity index is 955. The summed E-state index contributed by atoms with van der Waals surface area (Å²) in [4.78, 5) is 2.38. The van der Waals surface area contributed by atoms with Gasteiger partial charge in [0.05, 0.1) is 0 Å². The highest BCUT2D eigenvalue weighted by atomic mass is 15.1. The molecule has 5 rings (SSSR count). The number of fused-ring (bicyclic) bond motifs is 8. The first kappa shape index (κ1) is 11.9. The van der Waals surface area contributed by atoms with Gasteiger partial charge in [0.25, 0.3) is 0 Å². The highest BCUT2D eigenvalue weighted by molar-refractivity contribution is 6.84. The minimum Gasteiger partial charge on any atom is -0.383 e. The fraction of sp³-hybridized carbons (Fsp3) is 0. The van der Waals surface area contributed by atoms with Crippen LogP contribution in [0.15, 0.2) is 85.0 Å². The van der Waals surface area contributed by atoms with Gasteiger partial charge in [0.2, 0.25) is 0 Å². The summed E-state index contributed by atoms with van der Waals surface area (Å²) in [5.74, 6) is 2.27. The molecule has 3 aromatic carbocycles. The van der Waals surface area contributed by atoms with Crippen molar-refractivity contribution in [3.63, 3.8) is 0 Å². The van der Waals surface area contributed by atoms with E-state index < -0.39 is 0 Å². The fourth-order valence-corrected chi connectivity index (χ4v) is 3.72. The molecular formula is C20H14BN. The zero-order valence-corrected chi connectivity index (χ0v) is 12.1. The lowest BCUT2D eigenvalue weighted by atomic mass is 9.49. The molecule has 0 spiro atoms. The van der Waals surface area contributed by atoms with Crippen molar-refractivity contribution in [2.24, 2.45) is 0 Å². The van der Waals surface area contributed by atoms with Crippen LogP contribution in [0.4, 0.5) is 5.69 Å². The van der Waals surface area contributed by atoms with Gasteiger partial charge in [-0.25, -0.2) is 0 Å². The smallest absolute Gasteiger partial charge is 0.320 e. The van der Waals surface area contributed by atoms with Crippen LogP contribution in [0.2, 0.25) is 0 Å². The maximum absolute atomic E-state index is 2.38. The van der Waals surface area contributed by atoms with Crippen LogP contribution in [0.3, 0.4) is 0 Å². The monoisotopic (exact) mass is 279 g/mol. The molecule has 2 heteroatoms. The van der Waals surface area contributed by atoms with Crippen LogP contribution >= 0.6 is 0 Å². The van der Waals surface area contributed by atoms with Gasteiger partial charge in [-0.3, -0.25) is 0 Å². The van der Waals surface area contributed by atoms with Crippen molar-refractivity contribution in [3.8, 4) is 11.1 Å². The van der Waals surface area contributed by atoms with E-state index in [4.69, 9.17) is 0 Å². The predicted molar refractivity (Wildman–Crippen MR) is 95.5 cm³/mol. The summed E-state index contributed by atoms with van der Waals surface area (Å²) in [7, 11) is 0. The molecule has 0 amide bonds. The van der Waals surface area contributed by atoms with Crippen molar-refractivity contribution in [1.29, 1.82) is 0 Å². The van der Waals surface area contributed by atoms with Crippen molar-refractivity contribution >= 4 is 28.8 Å².